The van der Waals surface area contributed by atoms with E-state index in [9.17, 15) is 21.9 Å². The minimum atomic E-state index is -4.05. The summed E-state index contributed by atoms with van der Waals surface area (Å²) in [5, 5.41) is 19.8. The van der Waals surface area contributed by atoms with Crippen molar-refractivity contribution in [2.24, 2.45) is 0 Å². The number of hydrogen-bond donors (Lipinski definition) is 1. The van der Waals surface area contributed by atoms with E-state index >= 15 is 0 Å². The van der Waals surface area contributed by atoms with Crippen LogP contribution in [0.1, 0.15) is 69.5 Å². The third kappa shape index (κ3) is 12.2. The molecule has 0 aliphatic carbocycles. The first-order valence-corrected chi connectivity index (χ1v) is 24.5. The molecular weight excluding hydrogens is 897 g/mol. The van der Waals surface area contributed by atoms with Crippen LogP contribution in [-0.2, 0) is 67.6 Å². The first-order valence-electron chi connectivity index (χ1n) is 21.6. The summed E-state index contributed by atoms with van der Waals surface area (Å²) < 4.78 is 87.2. The van der Waals surface area contributed by atoms with Crippen molar-refractivity contribution >= 4 is 20.0 Å². The van der Waals surface area contributed by atoms with Crippen LogP contribution in [0.2, 0.25) is 0 Å². The summed E-state index contributed by atoms with van der Waals surface area (Å²) in [7, 11) is -1.52. The number of hydrogen-bond acceptors (Lipinski definition) is 12. The Morgan fingerprint density at radius 3 is 1.16 bits per heavy atom. The molecule has 3 heterocycles. The van der Waals surface area contributed by atoms with Crippen molar-refractivity contribution in [3.8, 4) is 23.0 Å². The van der Waals surface area contributed by atoms with Gasteiger partial charge in [-0.2, -0.15) is 18.8 Å². The number of aromatic nitrogens is 4. The van der Waals surface area contributed by atoms with Crippen LogP contribution in [0.5, 0.6) is 23.0 Å². The second-order valence-electron chi connectivity index (χ2n) is 18.2. The molecule has 2 aromatic heterocycles. The van der Waals surface area contributed by atoms with Crippen LogP contribution in [0.25, 0.3) is 0 Å². The Morgan fingerprint density at radius 1 is 0.552 bits per heavy atom. The highest BCUT2D eigenvalue weighted by atomic mass is 32.2. The fourth-order valence-corrected chi connectivity index (χ4v) is 9.72. The van der Waals surface area contributed by atoms with Crippen LogP contribution in [0.3, 0.4) is 0 Å². The van der Waals surface area contributed by atoms with Gasteiger partial charge < -0.3 is 28.8 Å². The van der Waals surface area contributed by atoms with Gasteiger partial charge in [-0.1, -0.05) is 48.5 Å². The molecule has 0 bridgehead atoms. The maximum atomic E-state index is 14.0. The molecule has 360 valence electrons. The van der Waals surface area contributed by atoms with E-state index in [-0.39, 0.29) is 55.0 Å². The fraction of sp³-hybridized carbons (Fsp3) is 0.388. The van der Waals surface area contributed by atoms with Crippen molar-refractivity contribution in [2.45, 2.75) is 94.5 Å². The minimum absolute atomic E-state index is 0.0319. The number of aliphatic hydroxyl groups is 1. The summed E-state index contributed by atoms with van der Waals surface area (Å²) in [4.78, 5) is 0. The quantitative estimate of drug-likeness (QED) is 0.0966. The van der Waals surface area contributed by atoms with Gasteiger partial charge in [-0.3, -0.25) is 9.36 Å². The molecule has 16 nitrogen and oxygen atoms in total. The Morgan fingerprint density at radius 2 is 0.896 bits per heavy atom. The van der Waals surface area contributed by atoms with Crippen molar-refractivity contribution < 1.29 is 45.6 Å². The molecule has 6 aromatic rings. The molecule has 7 rings (SSSR count). The number of nitrogens with zero attached hydrogens (tertiary/aromatic N) is 6. The van der Waals surface area contributed by atoms with Gasteiger partial charge in [0.15, 0.2) is 15.7 Å². The number of ether oxygens (including phenoxy) is 5. The average molecular weight is 959 g/mol. The third-order valence-corrected chi connectivity index (χ3v) is 14.4. The zero-order valence-electron chi connectivity index (χ0n) is 39.8. The van der Waals surface area contributed by atoms with Gasteiger partial charge >= 0.3 is 0 Å². The lowest BCUT2D eigenvalue weighted by atomic mass is 9.96. The van der Waals surface area contributed by atoms with E-state index in [1.807, 2.05) is 114 Å². The van der Waals surface area contributed by atoms with Crippen molar-refractivity contribution in [3.05, 3.63) is 143 Å². The number of benzene rings is 4. The summed E-state index contributed by atoms with van der Waals surface area (Å²) in [5.41, 5.74) is 1.60. The molecule has 67 heavy (non-hydrogen) atoms. The smallest absolute Gasteiger partial charge is 0.263 e. The highest BCUT2D eigenvalue weighted by Crippen LogP contribution is 2.35. The van der Waals surface area contributed by atoms with Crippen molar-refractivity contribution in [3.63, 3.8) is 0 Å². The van der Waals surface area contributed by atoms with Crippen molar-refractivity contribution in [2.75, 3.05) is 41.7 Å². The zero-order chi connectivity index (χ0) is 48.8. The first kappa shape index (κ1) is 50.6. The van der Waals surface area contributed by atoms with Crippen molar-refractivity contribution in [1.82, 2.24) is 28.2 Å². The summed E-state index contributed by atoms with van der Waals surface area (Å²) in [6.07, 6.45) is 1.70. The van der Waals surface area contributed by atoms with E-state index in [0.717, 1.165) is 33.8 Å². The molecule has 0 atom stereocenters. The molecule has 1 N–H and O–H groups in total. The normalized spacial score (nSPS) is 14.0. The van der Waals surface area contributed by atoms with E-state index in [4.69, 9.17) is 23.7 Å². The maximum absolute atomic E-state index is 14.0. The minimum Gasteiger partial charge on any atom is -0.497 e. The summed E-state index contributed by atoms with van der Waals surface area (Å²) in [6, 6.07) is 32.3. The molecule has 0 radical (unpaired) electrons. The second-order valence-corrected chi connectivity index (χ2v) is 22.0. The molecule has 1 fully saturated rings. The van der Waals surface area contributed by atoms with Crippen LogP contribution >= 0.6 is 0 Å². The van der Waals surface area contributed by atoms with Gasteiger partial charge in [0.1, 0.15) is 23.0 Å². The topological polar surface area (TPSA) is 177 Å². The molecule has 1 saturated heterocycles. The lowest BCUT2D eigenvalue weighted by Gasteiger charge is -2.38. The van der Waals surface area contributed by atoms with E-state index in [1.165, 1.54) is 14.7 Å². The lowest BCUT2D eigenvalue weighted by molar-refractivity contribution is -0.189. The van der Waals surface area contributed by atoms with Gasteiger partial charge in [-0.25, -0.2) is 16.8 Å². The van der Waals surface area contributed by atoms with Gasteiger partial charge in [0, 0.05) is 38.4 Å². The van der Waals surface area contributed by atoms with Crippen LogP contribution < -0.4 is 18.9 Å². The zero-order valence-corrected chi connectivity index (χ0v) is 41.5. The largest absolute Gasteiger partial charge is 0.497 e. The monoisotopic (exact) mass is 958 g/mol. The Bertz CT molecular complexity index is 2680. The molecule has 0 amide bonds. The number of rotatable bonds is 17. The summed E-state index contributed by atoms with van der Waals surface area (Å²) in [6.45, 7) is 12.5. The highest BCUT2D eigenvalue weighted by Gasteiger charge is 2.44. The molecule has 1 aliphatic heterocycles. The predicted molar refractivity (Wildman–Crippen MR) is 254 cm³/mol. The van der Waals surface area contributed by atoms with E-state index in [2.05, 4.69) is 10.2 Å². The van der Waals surface area contributed by atoms with E-state index < -0.39 is 31.2 Å². The lowest BCUT2D eigenvalue weighted by Crippen LogP contribution is -2.49. The second kappa shape index (κ2) is 20.6. The Kier molecular flexibility index (Phi) is 15.6. The third-order valence-electron chi connectivity index (χ3n) is 11.0. The van der Waals surface area contributed by atoms with Gasteiger partial charge in [0.2, 0.25) is 0 Å². The van der Waals surface area contributed by atoms with Gasteiger partial charge in [0.05, 0.1) is 58.4 Å². The number of sulfonamides is 2. The molecule has 0 saturated carbocycles. The van der Waals surface area contributed by atoms with Gasteiger partial charge in [0.25, 0.3) is 20.0 Å². The molecule has 18 heteroatoms. The Labute approximate surface area is 394 Å². The molecule has 0 unspecified atom stereocenters. The predicted octanol–water partition coefficient (Wildman–Crippen LogP) is 7.31. The van der Waals surface area contributed by atoms with E-state index in [0.29, 0.717) is 17.2 Å². The highest BCUT2D eigenvalue weighted by molar-refractivity contribution is 7.89. The molecule has 0 spiro atoms. The number of methoxy groups -OCH3 is 4. The molecular formula is C49H62N6O10S2. The Balaban J connectivity index is 0.000000224. The Hall–Kier alpha value is -5.76. The van der Waals surface area contributed by atoms with Gasteiger partial charge in [-0.15, -0.1) is 0 Å². The standard InChI is InChI=1S/C26H33N3O6S.C23H29N3O4S/c1-25(2,3)29-23(26(30)17-35-18-26)14-24(27-29)36(31,32)28(15-19-6-10-21(33-4)11-7-19)16-20-8-12-22(34-5)13-9-20;1-23(2,3)26-15-14-22(24-26)31(27,28)25(16-18-6-10-20(29-4)11-7-18)17-19-8-12-21(30-5)13-9-19/h6-14,30H,15-18H2,1-5H3;6-15H,16-17H2,1-5H3. The fourth-order valence-electron chi connectivity index (χ4n) is 7.04. The SMILES string of the molecule is COc1ccc(CN(Cc2ccc(OC)cc2)S(=O)(=O)c2cc(C3(O)COC3)n(C(C)(C)C)n2)cc1.COc1ccc(CN(Cc2ccc(OC)cc2)S(=O)(=O)c2ccn(C(C)(C)C)n2)cc1. The van der Waals surface area contributed by atoms with E-state index in [1.54, 1.807) is 74.3 Å². The molecule has 4 aromatic carbocycles. The average Bonchev–Trinajstić information content (AvgIpc) is 4.00. The summed E-state index contributed by atoms with van der Waals surface area (Å²) >= 11 is 0. The van der Waals surface area contributed by atoms with Crippen LogP contribution in [0, 0.1) is 0 Å². The maximum Gasteiger partial charge on any atom is 0.263 e. The van der Waals surface area contributed by atoms with Gasteiger partial charge in [-0.05, 0) is 118 Å². The van der Waals surface area contributed by atoms with Crippen LogP contribution in [0.15, 0.2) is 125 Å². The van der Waals surface area contributed by atoms with Crippen LogP contribution in [-0.4, -0.2) is 91.8 Å². The summed E-state index contributed by atoms with van der Waals surface area (Å²) in [5.74, 6) is 2.81. The first-order chi connectivity index (χ1) is 31.6. The van der Waals surface area contributed by atoms with Crippen molar-refractivity contribution in [1.29, 1.82) is 0 Å². The molecule has 1 aliphatic rings. The van der Waals surface area contributed by atoms with Crippen LogP contribution in [0.4, 0.5) is 0 Å².